The molecule has 0 aliphatic rings. The first kappa shape index (κ1) is 14.8. The fourth-order valence-corrected chi connectivity index (χ4v) is 2.01. The second-order valence-corrected chi connectivity index (χ2v) is 4.52. The van der Waals surface area contributed by atoms with Gasteiger partial charge in [-0.15, -0.1) is 0 Å². The van der Waals surface area contributed by atoms with Gasteiger partial charge in [-0.1, -0.05) is 11.6 Å². The number of aryl methyl sites for hydroxylation is 1. The number of carboxylic acids is 1. The Balaban J connectivity index is 3.03. The number of ether oxygens (including phenoxy) is 1. The summed E-state index contributed by atoms with van der Waals surface area (Å²) in [5, 5.41) is 12.5. The number of carboxylic acid groups (broad SMARTS) is 1. The first-order chi connectivity index (χ1) is 8.49. The van der Waals surface area contributed by atoms with Crippen LogP contribution < -0.4 is 10.1 Å². The second-order valence-electron chi connectivity index (χ2n) is 4.12. The molecule has 1 atom stereocenters. The summed E-state index contributed by atoms with van der Waals surface area (Å²) < 4.78 is 5.32. The number of nitrogens with one attached hydrogen (secondary N) is 1. The molecule has 0 bridgehead atoms. The Hall–Kier alpha value is -1.26. The zero-order valence-electron chi connectivity index (χ0n) is 10.8. The zero-order chi connectivity index (χ0) is 13.7. The van der Waals surface area contributed by atoms with E-state index in [1.54, 1.807) is 14.2 Å². The van der Waals surface area contributed by atoms with E-state index in [9.17, 15) is 4.79 Å². The Morgan fingerprint density at radius 2 is 2.22 bits per heavy atom. The fourth-order valence-electron chi connectivity index (χ4n) is 1.84. The first-order valence-electron chi connectivity index (χ1n) is 5.72. The van der Waals surface area contributed by atoms with Crippen molar-refractivity contribution in [2.45, 2.75) is 25.8 Å². The van der Waals surface area contributed by atoms with Crippen molar-refractivity contribution in [3.63, 3.8) is 0 Å². The van der Waals surface area contributed by atoms with E-state index in [0.717, 1.165) is 16.9 Å². The largest absolute Gasteiger partial charge is 0.496 e. The summed E-state index contributed by atoms with van der Waals surface area (Å²) in [6, 6.07) is 3.61. The molecule has 0 spiro atoms. The Morgan fingerprint density at radius 1 is 1.56 bits per heavy atom. The summed E-state index contributed by atoms with van der Waals surface area (Å²) in [5.41, 5.74) is 1.82. The van der Waals surface area contributed by atoms with E-state index in [2.05, 4.69) is 5.32 Å². The lowest BCUT2D eigenvalue weighted by Crippen LogP contribution is -2.18. The van der Waals surface area contributed by atoms with Crippen molar-refractivity contribution in [1.82, 2.24) is 5.32 Å². The van der Waals surface area contributed by atoms with Crippen LogP contribution in [0.2, 0.25) is 5.02 Å². The minimum absolute atomic E-state index is 0.0888. The molecule has 0 fully saturated rings. The molecular formula is C13H18ClNO3. The van der Waals surface area contributed by atoms with Crippen LogP contribution in [0.4, 0.5) is 0 Å². The predicted octanol–water partition coefficient (Wildman–Crippen LogP) is 2.78. The molecular weight excluding hydrogens is 254 g/mol. The SMILES string of the molecule is CNC(CCC(=O)O)c1cc(Cl)c(C)cc1OC. The molecule has 2 N–H and O–H groups in total. The predicted molar refractivity (Wildman–Crippen MR) is 71.4 cm³/mol. The maximum absolute atomic E-state index is 10.6. The van der Waals surface area contributed by atoms with Gasteiger partial charge in [0.05, 0.1) is 7.11 Å². The van der Waals surface area contributed by atoms with Crippen molar-refractivity contribution < 1.29 is 14.6 Å². The van der Waals surface area contributed by atoms with Gasteiger partial charge in [-0.2, -0.15) is 0 Å². The summed E-state index contributed by atoms with van der Waals surface area (Å²) in [4.78, 5) is 10.6. The average molecular weight is 272 g/mol. The molecule has 1 aromatic rings. The number of hydrogen-bond donors (Lipinski definition) is 2. The highest BCUT2D eigenvalue weighted by atomic mass is 35.5. The molecule has 0 radical (unpaired) electrons. The zero-order valence-corrected chi connectivity index (χ0v) is 11.5. The Bertz CT molecular complexity index is 434. The third-order valence-corrected chi connectivity index (χ3v) is 3.29. The monoisotopic (exact) mass is 271 g/mol. The van der Waals surface area contributed by atoms with Crippen LogP contribution in [-0.2, 0) is 4.79 Å². The molecule has 0 saturated heterocycles. The van der Waals surface area contributed by atoms with Crippen LogP contribution in [0.25, 0.3) is 0 Å². The van der Waals surface area contributed by atoms with Gasteiger partial charge >= 0.3 is 5.97 Å². The fraction of sp³-hybridized carbons (Fsp3) is 0.462. The molecule has 1 rings (SSSR count). The van der Waals surface area contributed by atoms with Gasteiger partial charge in [-0.25, -0.2) is 0 Å². The highest BCUT2D eigenvalue weighted by Gasteiger charge is 2.17. The van der Waals surface area contributed by atoms with Gasteiger partial charge in [0.2, 0.25) is 0 Å². The van der Waals surface area contributed by atoms with Crippen molar-refractivity contribution >= 4 is 17.6 Å². The summed E-state index contributed by atoms with van der Waals surface area (Å²) in [7, 11) is 3.38. The van der Waals surface area contributed by atoms with Crippen LogP contribution >= 0.6 is 11.6 Å². The normalized spacial score (nSPS) is 12.2. The van der Waals surface area contributed by atoms with Gasteiger partial charge < -0.3 is 15.2 Å². The first-order valence-corrected chi connectivity index (χ1v) is 6.10. The summed E-state index contributed by atoms with van der Waals surface area (Å²) >= 11 is 6.11. The van der Waals surface area contributed by atoms with Crippen LogP contribution in [0.1, 0.15) is 30.0 Å². The number of halogens is 1. The number of carbonyl (C=O) groups is 1. The van der Waals surface area contributed by atoms with Crippen LogP contribution in [0.3, 0.4) is 0 Å². The number of hydrogen-bond acceptors (Lipinski definition) is 3. The minimum Gasteiger partial charge on any atom is -0.496 e. The van der Waals surface area contributed by atoms with E-state index in [-0.39, 0.29) is 12.5 Å². The quantitative estimate of drug-likeness (QED) is 0.835. The van der Waals surface area contributed by atoms with Gasteiger partial charge in [0.25, 0.3) is 0 Å². The number of rotatable bonds is 6. The van der Waals surface area contributed by atoms with E-state index in [1.807, 2.05) is 19.1 Å². The van der Waals surface area contributed by atoms with Crippen LogP contribution in [-0.4, -0.2) is 25.2 Å². The number of methoxy groups -OCH3 is 1. The Labute approximate surface area is 112 Å². The van der Waals surface area contributed by atoms with E-state index in [0.29, 0.717) is 11.4 Å². The van der Waals surface area contributed by atoms with Crippen LogP contribution in [0, 0.1) is 6.92 Å². The highest BCUT2D eigenvalue weighted by molar-refractivity contribution is 6.31. The average Bonchev–Trinajstić information content (AvgIpc) is 2.33. The topological polar surface area (TPSA) is 58.6 Å². The molecule has 0 saturated carbocycles. The van der Waals surface area contributed by atoms with E-state index >= 15 is 0 Å². The van der Waals surface area contributed by atoms with E-state index < -0.39 is 5.97 Å². The number of aliphatic carboxylic acids is 1. The summed E-state index contributed by atoms with van der Waals surface area (Å²) in [5.74, 6) is -0.0888. The van der Waals surface area contributed by atoms with E-state index in [4.69, 9.17) is 21.4 Å². The van der Waals surface area contributed by atoms with Gasteiger partial charge in [0.15, 0.2) is 0 Å². The molecule has 18 heavy (non-hydrogen) atoms. The molecule has 0 amide bonds. The maximum atomic E-state index is 10.6. The number of benzene rings is 1. The molecule has 1 unspecified atom stereocenters. The molecule has 0 aliphatic carbocycles. The minimum atomic E-state index is -0.813. The molecule has 0 heterocycles. The van der Waals surface area contributed by atoms with Gasteiger partial charge in [0.1, 0.15) is 5.75 Å². The van der Waals surface area contributed by atoms with Gasteiger partial charge in [-0.3, -0.25) is 4.79 Å². The van der Waals surface area contributed by atoms with Crippen molar-refractivity contribution in [1.29, 1.82) is 0 Å². The van der Waals surface area contributed by atoms with Crippen LogP contribution in [0.5, 0.6) is 5.75 Å². The lowest BCUT2D eigenvalue weighted by atomic mass is 9.99. The Morgan fingerprint density at radius 3 is 2.72 bits per heavy atom. The van der Waals surface area contributed by atoms with Gasteiger partial charge in [-0.05, 0) is 38.1 Å². The second kappa shape index (κ2) is 6.61. The Kier molecular flexibility index (Phi) is 5.44. The van der Waals surface area contributed by atoms with Gasteiger partial charge in [0, 0.05) is 23.0 Å². The molecule has 5 heteroatoms. The highest BCUT2D eigenvalue weighted by Crippen LogP contribution is 2.32. The van der Waals surface area contributed by atoms with Crippen molar-refractivity contribution in [3.05, 3.63) is 28.3 Å². The van der Waals surface area contributed by atoms with E-state index in [1.165, 1.54) is 0 Å². The van der Waals surface area contributed by atoms with Crippen molar-refractivity contribution in [2.24, 2.45) is 0 Å². The standard InChI is InChI=1S/C13H18ClNO3/c1-8-6-12(18-3)9(7-10(8)14)11(15-2)4-5-13(16)17/h6-7,11,15H,4-5H2,1-3H3,(H,16,17). The third kappa shape index (κ3) is 3.62. The molecule has 0 aromatic heterocycles. The molecule has 4 nitrogen and oxygen atoms in total. The lowest BCUT2D eigenvalue weighted by molar-refractivity contribution is -0.137. The van der Waals surface area contributed by atoms with Crippen molar-refractivity contribution in [2.75, 3.05) is 14.2 Å². The lowest BCUT2D eigenvalue weighted by Gasteiger charge is -2.19. The summed E-state index contributed by atoms with van der Waals surface area (Å²) in [6.45, 7) is 1.90. The maximum Gasteiger partial charge on any atom is 0.303 e. The van der Waals surface area contributed by atoms with Crippen molar-refractivity contribution in [3.8, 4) is 5.75 Å². The third-order valence-electron chi connectivity index (χ3n) is 2.88. The summed E-state index contributed by atoms with van der Waals surface area (Å²) in [6.07, 6.45) is 0.585. The smallest absolute Gasteiger partial charge is 0.303 e. The van der Waals surface area contributed by atoms with Crippen LogP contribution in [0.15, 0.2) is 12.1 Å². The molecule has 1 aromatic carbocycles. The molecule has 0 aliphatic heterocycles. The molecule has 100 valence electrons.